The third-order valence-electron chi connectivity index (χ3n) is 3.77. The highest BCUT2D eigenvalue weighted by atomic mass is 19.1. The molecule has 1 aliphatic rings. The molecular weight excluding hydrogens is 261 g/mol. The van der Waals surface area contributed by atoms with Crippen LogP contribution in [-0.2, 0) is 4.79 Å². The summed E-state index contributed by atoms with van der Waals surface area (Å²) in [6.07, 6.45) is 0. The maximum absolute atomic E-state index is 13.4. The summed E-state index contributed by atoms with van der Waals surface area (Å²) < 4.78 is 18.4. The van der Waals surface area contributed by atoms with Crippen molar-refractivity contribution in [1.82, 2.24) is 4.90 Å². The van der Waals surface area contributed by atoms with Crippen LogP contribution < -0.4 is 15.4 Å². The number of anilines is 1. The minimum atomic E-state index is -0.364. The van der Waals surface area contributed by atoms with Crippen LogP contribution in [-0.4, -0.2) is 50.1 Å². The molecule has 1 aliphatic heterocycles. The molecule has 1 aromatic carbocycles. The fourth-order valence-electron chi connectivity index (χ4n) is 2.39. The van der Waals surface area contributed by atoms with Gasteiger partial charge in [-0.15, -0.1) is 0 Å². The van der Waals surface area contributed by atoms with Crippen molar-refractivity contribution in [3.63, 3.8) is 0 Å². The van der Waals surface area contributed by atoms with Gasteiger partial charge in [0.15, 0.2) is 11.6 Å². The zero-order valence-electron chi connectivity index (χ0n) is 11.8. The molecule has 0 bridgehead atoms. The average Bonchev–Trinajstić information content (AvgIpc) is 2.47. The lowest BCUT2D eigenvalue weighted by Crippen LogP contribution is -2.53. The zero-order valence-corrected chi connectivity index (χ0v) is 11.8. The number of hydrogen-bond donors (Lipinski definition) is 1. The molecule has 110 valence electrons. The van der Waals surface area contributed by atoms with Gasteiger partial charge < -0.3 is 15.4 Å². The molecule has 2 rings (SSSR count). The number of primary amides is 1. The number of hydrogen-bond acceptors (Lipinski definition) is 4. The van der Waals surface area contributed by atoms with Gasteiger partial charge in [0.05, 0.1) is 13.2 Å². The van der Waals surface area contributed by atoms with Gasteiger partial charge in [0.2, 0.25) is 5.91 Å². The van der Waals surface area contributed by atoms with Gasteiger partial charge in [0, 0.05) is 37.9 Å². The predicted octanol–water partition coefficient (Wildman–Crippen LogP) is 0.830. The smallest absolute Gasteiger partial charge is 0.234 e. The van der Waals surface area contributed by atoms with Crippen LogP contribution in [0.1, 0.15) is 6.92 Å². The second-order valence-corrected chi connectivity index (χ2v) is 4.92. The molecule has 2 N–H and O–H groups in total. The van der Waals surface area contributed by atoms with E-state index in [-0.39, 0.29) is 23.5 Å². The number of carbonyl (C=O) groups excluding carboxylic acids is 1. The Bertz CT molecular complexity index is 487. The Balaban J connectivity index is 2.02. The Labute approximate surface area is 118 Å². The Kier molecular flexibility index (Phi) is 4.44. The lowest BCUT2D eigenvalue weighted by molar-refractivity contribution is -0.122. The van der Waals surface area contributed by atoms with Crippen molar-refractivity contribution in [2.24, 2.45) is 5.73 Å². The molecular formula is C14H20FN3O2. The SMILES string of the molecule is COc1cc(N2CCN(C(C)C(N)=O)CC2)ccc1F. The summed E-state index contributed by atoms with van der Waals surface area (Å²) >= 11 is 0. The number of piperazine rings is 1. The monoisotopic (exact) mass is 281 g/mol. The van der Waals surface area contributed by atoms with Crippen LogP contribution in [0.15, 0.2) is 18.2 Å². The largest absolute Gasteiger partial charge is 0.494 e. The topological polar surface area (TPSA) is 58.8 Å². The van der Waals surface area contributed by atoms with Crippen LogP contribution in [0.2, 0.25) is 0 Å². The molecule has 1 atom stereocenters. The number of methoxy groups -OCH3 is 1. The van der Waals surface area contributed by atoms with E-state index in [9.17, 15) is 9.18 Å². The number of halogens is 1. The Morgan fingerprint density at radius 2 is 2.00 bits per heavy atom. The first kappa shape index (κ1) is 14.6. The number of amides is 1. The highest BCUT2D eigenvalue weighted by Crippen LogP contribution is 2.25. The van der Waals surface area contributed by atoms with Gasteiger partial charge in [0.1, 0.15) is 0 Å². The van der Waals surface area contributed by atoms with Gasteiger partial charge in [-0.25, -0.2) is 4.39 Å². The van der Waals surface area contributed by atoms with E-state index < -0.39 is 0 Å². The molecule has 0 radical (unpaired) electrons. The van der Waals surface area contributed by atoms with Gasteiger partial charge in [-0.3, -0.25) is 9.69 Å². The molecule has 1 heterocycles. The molecule has 0 spiro atoms. The molecule has 1 aromatic rings. The van der Waals surface area contributed by atoms with Crippen molar-refractivity contribution < 1.29 is 13.9 Å². The summed E-state index contributed by atoms with van der Waals surface area (Å²) in [6, 6.07) is 4.60. The van der Waals surface area contributed by atoms with Gasteiger partial charge in [-0.05, 0) is 19.1 Å². The van der Waals surface area contributed by atoms with E-state index in [1.54, 1.807) is 12.1 Å². The fraction of sp³-hybridized carbons (Fsp3) is 0.500. The number of nitrogens with zero attached hydrogens (tertiary/aromatic N) is 2. The lowest BCUT2D eigenvalue weighted by atomic mass is 10.2. The number of nitrogens with two attached hydrogens (primary N) is 1. The maximum Gasteiger partial charge on any atom is 0.234 e. The third-order valence-corrected chi connectivity index (χ3v) is 3.77. The van der Waals surface area contributed by atoms with Gasteiger partial charge in [-0.1, -0.05) is 0 Å². The Morgan fingerprint density at radius 3 is 2.55 bits per heavy atom. The second kappa shape index (κ2) is 6.09. The van der Waals surface area contributed by atoms with Crippen LogP contribution in [0.5, 0.6) is 5.75 Å². The molecule has 1 unspecified atom stereocenters. The lowest BCUT2D eigenvalue weighted by Gasteiger charge is -2.38. The Hall–Kier alpha value is -1.82. The molecule has 1 amide bonds. The van der Waals surface area contributed by atoms with E-state index in [1.807, 2.05) is 6.92 Å². The van der Waals surface area contributed by atoms with E-state index in [0.717, 1.165) is 31.9 Å². The van der Waals surface area contributed by atoms with E-state index in [2.05, 4.69) is 9.80 Å². The zero-order chi connectivity index (χ0) is 14.7. The standard InChI is InChI=1S/C14H20FN3O2/c1-10(14(16)19)17-5-7-18(8-6-17)11-3-4-12(15)13(9-11)20-2/h3-4,9-10H,5-8H2,1-2H3,(H2,16,19). The van der Waals surface area contributed by atoms with Crippen LogP contribution in [0.4, 0.5) is 10.1 Å². The quantitative estimate of drug-likeness (QED) is 0.888. The highest BCUT2D eigenvalue weighted by Gasteiger charge is 2.24. The fourth-order valence-corrected chi connectivity index (χ4v) is 2.39. The normalized spacial score (nSPS) is 17.9. The van der Waals surface area contributed by atoms with E-state index >= 15 is 0 Å². The third kappa shape index (κ3) is 3.01. The van der Waals surface area contributed by atoms with E-state index in [1.165, 1.54) is 13.2 Å². The van der Waals surface area contributed by atoms with Crippen LogP contribution in [0.25, 0.3) is 0 Å². The Morgan fingerprint density at radius 1 is 1.35 bits per heavy atom. The van der Waals surface area contributed by atoms with Crippen LogP contribution in [0, 0.1) is 5.82 Å². The van der Waals surface area contributed by atoms with Gasteiger partial charge in [-0.2, -0.15) is 0 Å². The molecule has 1 fully saturated rings. The number of ether oxygens (including phenoxy) is 1. The van der Waals surface area contributed by atoms with Crippen LogP contribution in [0.3, 0.4) is 0 Å². The average molecular weight is 281 g/mol. The number of benzene rings is 1. The molecule has 1 saturated heterocycles. The minimum Gasteiger partial charge on any atom is -0.494 e. The molecule has 20 heavy (non-hydrogen) atoms. The highest BCUT2D eigenvalue weighted by molar-refractivity contribution is 5.79. The molecule has 0 saturated carbocycles. The van der Waals surface area contributed by atoms with Gasteiger partial charge in [0.25, 0.3) is 0 Å². The summed E-state index contributed by atoms with van der Waals surface area (Å²) in [5.41, 5.74) is 6.24. The van der Waals surface area contributed by atoms with Crippen molar-refractivity contribution in [3.05, 3.63) is 24.0 Å². The van der Waals surface area contributed by atoms with Gasteiger partial charge >= 0.3 is 0 Å². The second-order valence-electron chi connectivity index (χ2n) is 4.92. The maximum atomic E-state index is 13.4. The molecule has 0 aliphatic carbocycles. The van der Waals surface area contributed by atoms with E-state index in [4.69, 9.17) is 10.5 Å². The summed E-state index contributed by atoms with van der Waals surface area (Å²) in [4.78, 5) is 15.4. The summed E-state index contributed by atoms with van der Waals surface area (Å²) in [5, 5.41) is 0. The van der Waals surface area contributed by atoms with Crippen molar-refractivity contribution in [2.45, 2.75) is 13.0 Å². The molecule has 5 nitrogen and oxygen atoms in total. The molecule has 0 aromatic heterocycles. The summed E-state index contributed by atoms with van der Waals surface area (Å²) in [7, 11) is 1.45. The van der Waals surface area contributed by atoms with Crippen molar-refractivity contribution in [2.75, 3.05) is 38.2 Å². The van der Waals surface area contributed by atoms with E-state index in [0.29, 0.717) is 0 Å². The number of rotatable bonds is 4. The first-order valence-electron chi connectivity index (χ1n) is 6.64. The van der Waals surface area contributed by atoms with Crippen LogP contribution >= 0.6 is 0 Å². The first-order chi connectivity index (χ1) is 9.52. The summed E-state index contributed by atoms with van der Waals surface area (Å²) in [5.74, 6) is -0.422. The van der Waals surface area contributed by atoms with Crippen molar-refractivity contribution >= 4 is 11.6 Å². The first-order valence-corrected chi connectivity index (χ1v) is 6.64. The summed E-state index contributed by atoms with van der Waals surface area (Å²) in [6.45, 7) is 4.87. The van der Waals surface area contributed by atoms with Crippen molar-refractivity contribution in [1.29, 1.82) is 0 Å². The van der Waals surface area contributed by atoms with Crippen molar-refractivity contribution in [3.8, 4) is 5.75 Å². The molecule has 6 heteroatoms. The number of carbonyl (C=O) groups is 1. The minimum absolute atomic E-state index is 0.246. The predicted molar refractivity (Wildman–Crippen MR) is 75.4 cm³/mol.